The molecule has 0 N–H and O–H groups in total. The van der Waals surface area contributed by atoms with Gasteiger partial charge in [-0.2, -0.15) is 0 Å². The van der Waals surface area contributed by atoms with Gasteiger partial charge in [0.2, 0.25) is 5.91 Å². The smallest absolute Gasteiger partial charge is 0.351 e. The molecule has 0 aromatic carbocycles. The van der Waals surface area contributed by atoms with Crippen molar-refractivity contribution < 1.29 is 23.9 Å². The Morgan fingerprint density at radius 3 is 2.42 bits per heavy atom. The molecular formula is C12H16ClNO5. The van der Waals surface area contributed by atoms with Crippen LogP contribution in [0.25, 0.3) is 0 Å². The molecule has 1 saturated heterocycles. The summed E-state index contributed by atoms with van der Waals surface area (Å²) in [7, 11) is 0. The van der Waals surface area contributed by atoms with Gasteiger partial charge in [0.15, 0.2) is 0 Å². The fourth-order valence-corrected chi connectivity index (χ4v) is 1.96. The lowest BCUT2D eigenvalue weighted by molar-refractivity contribution is -0.147. The van der Waals surface area contributed by atoms with Crippen LogP contribution in [0, 0.1) is 0 Å². The lowest BCUT2D eigenvalue weighted by Crippen LogP contribution is -2.31. The van der Waals surface area contributed by atoms with Crippen LogP contribution >= 0.6 is 11.6 Å². The third-order valence-electron chi connectivity index (χ3n) is 2.50. The molecule has 0 radical (unpaired) electrons. The highest BCUT2D eigenvalue weighted by molar-refractivity contribution is 6.41. The monoisotopic (exact) mass is 289 g/mol. The summed E-state index contributed by atoms with van der Waals surface area (Å²) in [6.07, 6.45) is 0.528. The van der Waals surface area contributed by atoms with Gasteiger partial charge in [0.25, 0.3) is 0 Å². The van der Waals surface area contributed by atoms with Gasteiger partial charge in [-0.1, -0.05) is 11.6 Å². The van der Waals surface area contributed by atoms with Gasteiger partial charge in [-0.15, -0.1) is 0 Å². The summed E-state index contributed by atoms with van der Waals surface area (Å²) in [4.78, 5) is 35.8. The van der Waals surface area contributed by atoms with Gasteiger partial charge in [-0.05, 0) is 20.3 Å². The van der Waals surface area contributed by atoms with E-state index in [9.17, 15) is 14.4 Å². The minimum Gasteiger partial charge on any atom is -0.465 e. The fraction of sp³-hybridized carbons (Fsp3) is 0.583. The second kappa shape index (κ2) is 7.13. The van der Waals surface area contributed by atoms with Crippen molar-refractivity contribution in [3.8, 4) is 0 Å². The molecule has 0 aromatic rings. The molecule has 0 bridgehead atoms. The number of carbonyl (C=O) groups excluding carboxylic acids is 3. The van der Waals surface area contributed by atoms with E-state index in [1.54, 1.807) is 13.8 Å². The van der Waals surface area contributed by atoms with Crippen LogP contribution in [-0.4, -0.2) is 42.5 Å². The summed E-state index contributed by atoms with van der Waals surface area (Å²) in [6, 6.07) is 0. The Hall–Kier alpha value is -1.56. The molecule has 0 aromatic heterocycles. The topological polar surface area (TPSA) is 72.9 Å². The minimum atomic E-state index is -0.692. The van der Waals surface area contributed by atoms with Gasteiger partial charge < -0.3 is 14.4 Å². The zero-order valence-electron chi connectivity index (χ0n) is 10.9. The Morgan fingerprint density at radius 2 is 1.84 bits per heavy atom. The maximum Gasteiger partial charge on any atom is 0.351 e. The summed E-state index contributed by atoms with van der Waals surface area (Å²) in [5.74, 6) is -1.49. The molecule has 1 rings (SSSR count). The summed E-state index contributed by atoms with van der Waals surface area (Å²) < 4.78 is 9.54. The van der Waals surface area contributed by atoms with Gasteiger partial charge in [-0.3, -0.25) is 9.59 Å². The first-order valence-electron chi connectivity index (χ1n) is 6.03. The molecule has 19 heavy (non-hydrogen) atoms. The van der Waals surface area contributed by atoms with E-state index in [1.165, 1.54) is 4.90 Å². The first-order chi connectivity index (χ1) is 9.01. The van der Waals surface area contributed by atoms with Gasteiger partial charge in [0.1, 0.15) is 11.6 Å². The fourth-order valence-electron chi connectivity index (χ4n) is 1.71. The average Bonchev–Trinajstić information content (AvgIpc) is 2.71. The Labute approximate surface area is 116 Å². The van der Waals surface area contributed by atoms with E-state index < -0.39 is 11.9 Å². The summed E-state index contributed by atoms with van der Waals surface area (Å²) in [5.41, 5.74) is 0.318. The number of allylic oxidation sites excluding steroid dienone is 1. The molecule has 0 atom stereocenters. The molecule has 1 heterocycles. The highest BCUT2D eigenvalue weighted by Gasteiger charge is 2.32. The van der Waals surface area contributed by atoms with Crippen molar-refractivity contribution in [3.05, 3.63) is 10.7 Å². The Morgan fingerprint density at radius 1 is 1.21 bits per heavy atom. The summed E-state index contributed by atoms with van der Waals surface area (Å²) in [5, 5.41) is -0.156. The third-order valence-corrected chi connectivity index (χ3v) is 2.88. The summed E-state index contributed by atoms with van der Waals surface area (Å²) >= 11 is 5.90. The summed E-state index contributed by atoms with van der Waals surface area (Å²) in [6.45, 7) is 3.51. The van der Waals surface area contributed by atoms with E-state index in [0.717, 1.165) is 0 Å². The van der Waals surface area contributed by atoms with Crippen molar-refractivity contribution in [1.29, 1.82) is 0 Å². The first kappa shape index (κ1) is 15.5. The van der Waals surface area contributed by atoms with Crippen LogP contribution in [-0.2, 0) is 23.9 Å². The normalized spacial score (nSPS) is 17.4. The number of rotatable bonds is 5. The minimum absolute atomic E-state index is 0.156. The maximum atomic E-state index is 11.7. The van der Waals surface area contributed by atoms with E-state index >= 15 is 0 Å². The highest BCUT2D eigenvalue weighted by Crippen LogP contribution is 2.27. The van der Waals surface area contributed by atoms with Crippen molar-refractivity contribution in [1.82, 2.24) is 4.90 Å². The molecule has 1 aliphatic heterocycles. The molecule has 7 heteroatoms. The Balaban J connectivity index is 2.87. The second-order valence-electron chi connectivity index (χ2n) is 3.77. The molecule has 0 unspecified atom stereocenters. The zero-order valence-corrected chi connectivity index (χ0v) is 11.7. The number of ether oxygens (including phenoxy) is 2. The van der Waals surface area contributed by atoms with Crippen molar-refractivity contribution >= 4 is 29.4 Å². The van der Waals surface area contributed by atoms with Crippen molar-refractivity contribution in [2.45, 2.75) is 26.7 Å². The number of carbonyl (C=O) groups is 3. The molecule has 0 spiro atoms. The predicted octanol–water partition coefficient (Wildman–Crippen LogP) is 1.19. The van der Waals surface area contributed by atoms with Crippen LogP contribution in [0.4, 0.5) is 0 Å². The number of likely N-dealkylation sites (tertiary alicyclic amines) is 1. The first-order valence-corrected chi connectivity index (χ1v) is 6.40. The Bertz CT molecular complexity index is 418. The van der Waals surface area contributed by atoms with Gasteiger partial charge >= 0.3 is 11.9 Å². The van der Waals surface area contributed by atoms with E-state index in [-0.39, 0.29) is 37.1 Å². The Kier molecular flexibility index (Phi) is 5.82. The molecule has 106 valence electrons. The molecule has 0 saturated carbocycles. The van der Waals surface area contributed by atoms with E-state index in [2.05, 4.69) is 0 Å². The third kappa shape index (κ3) is 3.96. The SMILES string of the molecule is CCOC(=O)CN1C(=O)CC/C1=C(\Cl)C(=O)OCC. The zero-order chi connectivity index (χ0) is 14.4. The van der Waals surface area contributed by atoms with E-state index in [1.807, 2.05) is 0 Å². The average molecular weight is 290 g/mol. The lowest BCUT2D eigenvalue weighted by Gasteiger charge is -2.17. The van der Waals surface area contributed by atoms with Crippen LogP contribution in [0.5, 0.6) is 0 Å². The number of hydrogen-bond acceptors (Lipinski definition) is 5. The molecule has 6 nitrogen and oxygen atoms in total. The van der Waals surface area contributed by atoms with Crippen LogP contribution in [0.1, 0.15) is 26.7 Å². The van der Waals surface area contributed by atoms with Gasteiger partial charge in [0, 0.05) is 12.1 Å². The van der Waals surface area contributed by atoms with Crippen LogP contribution < -0.4 is 0 Å². The molecule has 1 amide bonds. The van der Waals surface area contributed by atoms with Crippen molar-refractivity contribution in [2.24, 2.45) is 0 Å². The molecule has 1 aliphatic rings. The van der Waals surface area contributed by atoms with Crippen LogP contribution in [0.15, 0.2) is 10.7 Å². The second-order valence-corrected chi connectivity index (χ2v) is 4.14. The van der Waals surface area contributed by atoms with Crippen molar-refractivity contribution in [2.75, 3.05) is 19.8 Å². The lowest BCUT2D eigenvalue weighted by atomic mass is 10.3. The van der Waals surface area contributed by atoms with Gasteiger partial charge in [0.05, 0.1) is 13.2 Å². The van der Waals surface area contributed by atoms with E-state index in [4.69, 9.17) is 21.1 Å². The number of amides is 1. The quantitative estimate of drug-likeness (QED) is 0.561. The van der Waals surface area contributed by atoms with Crippen molar-refractivity contribution in [3.63, 3.8) is 0 Å². The number of esters is 2. The van der Waals surface area contributed by atoms with Crippen LogP contribution in [0.2, 0.25) is 0 Å². The highest BCUT2D eigenvalue weighted by atomic mass is 35.5. The standard InChI is InChI=1S/C12H16ClNO5/c1-3-18-10(16)7-14-8(5-6-9(14)15)11(13)12(17)19-4-2/h3-7H2,1-2H3/b11-8+. The van der Waals surface area contributed by atoms with E-state index in [0.29, 0.717) is 12.1 Å². The molecule has 1 fully saturated rings. The molecule has 0 aliphatic carbocycles. The number of halogens is 1. The number of hydrogen-bond donors (Lipinski definition) is 0. The maximum absolute atomic E-state index is 11.7. The van der Waals surface area contributed by atoms with Crippen LogP contribution in [0.3, 0.4) is 0 Å². The largest absolute Gasteiger partial charge is 0.465 e. The number of nitrogens with zero attached hydrogens (tertiary/aromatic N) is 1. The predicted molar refractivity (Wildman–Crippen MR) is 67.1 cm³/mol. The molecular weight excluding hydrogens is 274 g/mol. The van der Waals surface area contributed by atoms with Gasteiger partial charge in [-0.25, -0.2) is 4.79 Å².